The zero-order valence-corrected chi connectivity index (χ0v) is 11.7. The van der Waals surface area contributed by atoms with Gasteiger partial charge in [-0.3, -0.25) is 4.90 Å². The highest BCUT2D eigenvalue weighted by molar-refractivity contribution is 9.10. The average Bonchev–Trinajstić information content (AvgIpc) is 2.80. The summed E-state index contributed by atoms with van der Waals surface area (Å²) in [4.78, 5) is 2.44. The zero-order valence-electron chi connectivity index (χ0n) is 10.2. The average molecular weight is 299 g/mol. The summed E-state index contributed by atoms with van der Waals surface area (Å²) < 4.78 is 6.79. The number of hydrogen-bond donors (Lipinski definition) is 1. The molecule has 4 heteroatoms. The Bertz CT molecular complexity index is 342. The molecule has 17 heavy (non-hydrogen) atoms. The molecule has 94 valence electrons. The second kappa shape index (κ2) is 6.38. The van der Waals surface area contributed by atoms with Gasteiger partial charge in [-0.15, -0.1) is 0 Å². The largest absolute Gasteiger partial charge is 0.492 e. The van der Waals surface area contributed by atoms with Gasteiger partial charge in [0.2, 0.25) is 0 Å². The molecule has 0 saturated carbocycles. The van der Waals surface area contributed by atoms with Crippen LogP contribution in [0.2, 0.25) is 0 Å². The first-order chi connectivity index (χ1) is 8.28. The summed E-state index contributed by atoms with van der Waals surface area (Å²) >= 11 is 3.41. The molecule has 1 aromatic carbocycles. The maximum atomic E-state index is 5.71. The minimum Gasteiger partial charge on any atom is -0.492 e. The maximum absolute atomic E-state index is 5.71. The van der Waals surface area contributed by atoms with Gasteiger partial charge in [0.05, 0.1) is 0 Å². The van der Waals surface area contributed by atoms with Crippen molar-refractivity contribution < 1.29 is 4.74 Å². The molecule has 0 bridgehead atoms. The van der Waals surface area contributed by atoms with Crippen molar-refractivity contribution in [2.24, 2.45) is 0 Å². The summed E-state index contributed by atoms with van der Waals surface area (Å²) in [6.07, 6.45) is 1.24. The van der Waals surface area contributed by atoms with Gasteiger partial charge in [0.15, 0.2) is 0 Å². The van der Waals surface area contributed by atoms with Crippen molar-refractivity contribution in [3.63, 3.8) is 0 Å². The fraction of sp³-hybridized carbons (Fsp3) is 0.538. The van der Waals surface area contributed by atoms with Crippen LogP contribution in [0.25, 0.3) is 0 Å². The molecule has 2 rings (SSSR count). The van der Waals surface area contributed by atoms with Gasteiger partial charge >= 0.3 is 0 Å². The first-order valence-corrected chi connectivity index (χ1v) is 6.85. The topological polar surface area (TPSA) is 24.5 Å². The SMILES string of the molecule is CNC1CCN(CCOc2ccc(Br)cc2)C1. The maximum Gasteiger partial charge on any atom is 0.119 e. The molecule has 0 amide bonds. The lowest BCUT2D eigenvalue weighted by Crippen LogP contribution is -2.31. The Morgan fingerprint density at radius 3 is 2.82 bits per heavy atom. The zero-order chi connectivity index (χ0) is 12.1. The van der Waals surface area contributed by atoms with E-state index < -0.39 is 0 Å². The predicted molar refractivity (Wildman–Crippen MR) is 73.5 cm³/mol. The van der Waals surface area contributed by atoms with E-state index in [0.717, 1.165) is 29.9 Å². The van der Waals surface area contributed by atoms with Crippen molar-refractivity contribution in [1.29, 1.82) is 0 Å². The first-order valence-electron chi connectivity index (χ1n) is 6.06. The summed E-state index contributed by atoms with van der Waals surface area (Å²) in [5.74, 6) is 0.942. The third kappa shape index (κ3) is 3.98. The van der Waals surface area contributed by atoms with E-state index in [1.165, 1.54) is 13.0 Å². The second-order valence-corrected chi connectivity index (χ2v) is 5.29. The van der Waals surface area contributed by atoms with Gasteiger partial charge < -0.3 is 10.1 Å². The highest BCUT2D eigenvalue weighted by Crippen LogP contribution is 2.16. The summed E-state index contributed by atoms with van der Waals surface area (Å²) in [5.41, 5.74) is 0. The van der Waals surface area contributed by atoms with E-state index in [2.05, 4.69) is 26.1 Å². The lowest BCUT2D eigenvalue weighted by atomic mass is 10.3. The Morgan fingerprint density at radius 2 is 2.18 bits per heavy atom. The van der Waals surface area contributed by atoms with Crippen molar-refractivity contribution in [3.05, 3.63) is 28.7 Å². The van der Waals surface area contributed by atoms with Crippen LogP contribution in [0.3, 0.4) is 0 Å². The smallest absolute Gasteiger partial charge is 0.119 e. The van der Waals surface area contributed by atoms with Gasteiger partial charge in [-0.05, 0) is 44.3 Å². The number of ether oxygens (including phenoxy) is 1. The molecule has 1 fully saturated rings. The summed E-state index contributed by atoms with van der Waals surface area (Å²) in [7, 11) is 2.03. The van der Waals surface area contributed by atoms with Crippen molar-refractivity contribution in [3.8, 4) is 5.75 Å². The molecule has 1 saturated heterocycles. The molecule has 1 aliphatic rings. The molecule has 0 radical (unpaired) electrons. The quantitative estimate of drug-likeness (QED) is 0.901. The number of halogens is 1. The van der Waals surface area contributed by atoms with Crippen LogP contribution in [0, 0.1) is 0 Å². The van der Waals surface area contributed by atoms with Gasteiger partial charge in [-0.1, -0.05) is 15.9 Å². The van der Waals surface area contributed by atoms with E-state index in [4.69, 9.17) is 4.74 Å². The molecule has 1 N–H and O–H groups in total. The fourth-order valence-electron chi connectivity index (χ4n) is 2.09. The number of nitrogens with one attached hydrogen (secondary N) is 1. The molecule has 3 nitrogen and oxygen atoms in total. The third-order valence-corrected chi connectivity index (χ3v) is 3.70. The standard InChI is InChI=1S/C13H19BrN2O/c1-15-12-6-7-16(10-12)8-9-17-13-4-2-11(14)3-5-13/h2-5,12,15H,6-10H2,1H3. The number of hydrogen-bond acceptors (Lipinski definition) is 3. The van der Waals surface area contributed by atoms with Crippen LogP contribution in [0.1, 0.15) is 6.42 Å². The van der Waals surface area contributed by atoms with Crippen molar-refractivity contribution in [2.75, 3.05) is 33.3 Å². The van der Waals surface area contributed by atoms with E-state index in [1.54, 1.807) is 0 Å². The molecule has 1 unspecified atom stereocenters. The highest BCUT2D eigenvalue weighted by atomic mass is 79.9. The highest BCUT2D eigenvalue weighted by Gasteiger charge is 2.20. The van der Waals surface area contributed by atoms with E-state index in [-0.39, 0.29) is 0 Å². The molecule has 1 heterocycles. The number of likely N-dealkylation sites (tertiary alicyclic amines) is 1. The lowest BCUT2D eigenvalue weighted by Gasteiger charge is -2.16. The Kier molecular flexibility index (Phi) is 4.83. The first kappa shape index (κ1) is 12.9. The van der Waals surface area contributed by atoms with Gasteiger partial charge in [-0.2, -0.15) is 0 Å². The summed E-state index contributed by atoms with van der Waals surface area (Å²) in [5, 5.41) is 3.32. The van der Waals surface area contributed by atoms with Crippen LogP contribution >= 0.6 is 15.9 Å². The molecular formula is C13H19BrN2O. The predicted octanol–water partition coefficient (Wildman–Crippen LogP) is 2.12. The van der Waals surface area contributed by atoms with Crippen LogP contribution in [0.4, 0.5) is 0 Å². The van der Waals surface area contributed by atoms with Gasteiger partial charge in [0.25, 0.3) is 0 Å². The minimum atomic E-state index is 0.655. The molecule has 0 aliphatic carbocycles. The lowest BCUT2D eigenvalue weighted by molar-refractivity contribution is 0.235. The molecule has 0 aromatic heterocycles. The van der Waals surface area contributed by atoms with Gasteiger partial charge in [0, 0.05) is 23.6 Å². The van der Waals surface area contributed by atoms with Crippen LogP contribution in [-0.4, -0.2) is 44.2 Å². The van der Waals surface area contributed by atoms with Crippen molar-refractivity contribution in [1.82, 2.24) is 10.2 Å². The van der Waals surface area contributed by atoms with E-state index in [9.17, 15) is 0 Å². The van der Waals surface area contributed by atoms with Crippen molar-refractivity contribution >= 4 is 15.9 Å². The third-order valence-electron chi connectivity index (χ3n) is 3.17. The fourth-order valence-corrected chi connectivity index (χ4v) is 2.36. The monoisotopic (exact) mass is 298 g/mol. The molecule has 1 aromatic rings. The molecule has 1 aliphatic heterocycles. The summed E-state index contributed by atoms with van der Waals surface area (Å²) in [6, 6.07) is 8.64. The van der Waals surface area contributed by atoms with Crippen LogP contribution < -0.4 is 10.1 Å². The summed E-state index contributed by atoms with van der Waals surface area (Å²) in [6.45, 7) is 4.09. The number of likely N-dealkylation sites (N-methyl/N-ethyl adjacent to an activating group) is 1. The Morgan fingerprint density at radius 1 is 1.41 bits per heavy atom. The van der Waals surface area contributed by atoms with Crippen LogP contribution in [0.5, 0.6) is 5.75 Å². The number of nitrogens with zero attached hydrogens (tertiary/aromatic N) is 1. The van der Waals surface area contributed by atoms with Crippen molar-refractivity contribution in [2.45, 2.75) is 12.5 Å². The normalized spacial score (nSPS) is 20.7. The van der Waals surface area contributed by atoms with Crippen LogP contribution in [-0.2, 0) is 0 Å². The van der Waals surface area contributed by atoms with Gasteiger partial charge in [-0.25, -0.2) is 0 Å². The van der Waals surface area contributed by atoms with Gasteiger partial charge in [0.1, 0.15) is 12.4 Å². The second-order valence-electron chi connectivity index (χ2n) is 4.38. The van der Waals surface area contributed by atoms with E-state index >= 15 is 0 Å². The number of benzene rings is 1. The Labute approximate surface area is 111 Å². The molecule has 0 spiro atoms. The minimum absolute atomic E-state index is 0.655. The Hall–Kier alpha value is -0.580. The van der Waals surface area contributed by atoms with E-state index in [1.807, 2.05) is 31.3 Å². The van der Waals surface area contributed by atoms with Crippen LogP contribution in [0.15, 0.2) is 28.7 Å². The van der Waals surface area contributed by atoms with E-state index in [0.29, 0.717) is 6.04 Å². The molecular weight excluding hydrogens is 280 g/mol. The Balaban J connectivity index is 1.68. The molecule has 1 atom stereocenters. The number of rotatable bonds is 5.